The summed E-state index contributed by atoms with van der Waals surface area (Å²) >= 11 is 0. The van der Waals surface area contributed by atoms with E-state index < -0.39 is 0 Å². The Bertz CT molecular complexity index is 772. The van der Waals surface area contributed by atoms with E-state index in [-0.39, 0.29) is 5.91 Å². The standard InChI is InChI=1S/C19H25N5O2/c1-14-17(18(25)24-9-7-23(2)8-10-24)13-21-19(22-14)20-12-15-5-4-6-16(11-15)26-3/h4-6,11,13H,7-10,12H2,1-3H3,(H,20,21,22). The van der Waals surface area contributed by atoms with Crippen molar-refractivity contribution in [3.8, 4) is 5.75 Å². The largest absolute Gasteiger partial charge is 0.497 e. The number of piperazine rings is 1. The number of methoxy groups -OCH3 is 1. The highest BCUT2D eigenvalue weighted by atomic mass is 16.5. The number of aryl methyl sites for hydroxylation is 1. The van der Waals surface area contributed by atoms with Crippen molar-refractivity contribution in [3.05, 3.63) is 47.3 Å². The third-order valence-corrected chi connectivity index (χ3v) is 4.59. The van der Waals surface area contributed by atoms with Crippen LogP contribution in [0.1, 0.15) is 21.6 Å². The third kappa shape index (κ3) is 4.29. The van der Waals surface area contributed by atoms with Crippen LogP contribution in [0, 0.1) is 6.92 Å². The lowest BCUT2D eigenvalue weighted by atomic mass is 10.2. The van der Waals surface area contributed by atoms with E-state index in [4.69, 9.17) is 4.74 Å². The minimum absolute atomic E-state index is 0.00921. The monoisotopic (exact) mass is 355 g/mol. The molecule has 0 unspecified atom stereocenters. The Morgan fingerprint density at radius 3 is 2.73 bits per heavy atom. The number of nitrogens with one attached hydrogen (secondary N) is 1. The molecular formula is C19H25N5O2. The normalized spacial score (nSPS) is 15.0. The van der Waals surface area contributed by atoms with Gasteiger partial charge in [-0.2, -0.15) is 0 Å². The lowest BCUT2D eigenvalue weighted by Gasteiger charge is -2.32. The molecule has 0 bridgehead atoms. The first-order valence-corrected chi connectivity index (χ1v) is 8.75. The Hall–Kier alpha value is -2.67. The number of benzene rings is 1. The van der Waals surface area contributed by atoms with Crippen molar-refractivity contribution in [3.63, 3.8) is 0 Å². The third-order valence-electron chi connectivity index (χ3n) is 4.59. The van der Waals surface area contributed by atoms with E-state index >= 15 is 0 Å². The topological polar surface area (TPSA) is 70.6 Å². The van der Waals surface area contributed by atoms with Crippen molar-refractivity contribution in [2.75, 3.05) is 45.7 Å². The van der Waals surface area contributed by atoms with Gasteiger partial charge in [0.15, 0.2) is 0 Å². The summed E-state index contributed by atoms with van der Waals surface area (Å²) in [5, 5.41) is 3.20. The maximum absolute atomic E-state index is 12.7. The second-order valence-corrected chi connectivity index (χ2v) is 6.49. The van der Waals surface area contributed by atoms with Crippen LogP contribution in [0.4, 0.5) is 5.95 Å². The molecule has 7 nitrogen and oxygen atoms in total. The predicted molar refractivity (Wildman–Crippen MR) is 100 cm³/mol. The first-order valence-electron chi connectivity index (χ1n) is 8.75. The van der Waals surface area contributed by atoms with Crippen molar-refractivity contribution in [2.24, 2.45) is 0 Å². The number of carbonyl (C=O) groups is 1. The number of ether oxygens (including phenoxy) is 1. The van der Waals surface area contributed by atoms with Gasteiger partial charge in [-0.25, -0.2) is 9.97 Å². The fraction of sp³-hybridized carbons (Fsp3) is 0.421. The predicted octanol–water partition coefficient (Wildman–Crippen LogP) is 1.79. The van der Waals surface area contributed by atoms with Crippen LogP contribution >= 0.6 is 0 Å². The van der Waals surface area contributed by atoms with Gasteiger partial charge in [-0.1, -0.05) is 12.1 Å². The van der Waals surface area contributed by atoms with Gasteiger partial charge in [0.25, 0.3) is 5.91 Å². The van der Waals surface area contributed by atoms with Crippen molar-refractivity contribution in [2.45, 2.75) is 13.5 Å². The first-order chi connectivity index (χ1) is 12.6. The number of aromatic nitrogens is 2. The molecule has 1 fully saturated rings. The minimum atomic E-state index is 0.00921. The van der Waals surface area contributed by atoms with Crippen LogP contribution in [0.25, 0.3) is 0 Å². The van der Waals surface area contributed by atoms with Crippen LogP contribution in [-0.4, -0.2) is 66.0 Å². The highest BCUT2D eigenvalue weighted by molar-refractivity contribution is 5.95. The molecule has 138 valence electrons. The number of carbonyl (C=O) groups excluding carboxylic acids is 1. The highest BCUT2D eigenvalue weighted by Crippen LogP contribution is 2.15. The Kier molecular flexibility index (Phi) is 5.68. The molecule has 0 aliphatic carbocycles. The molecule has 2 aromatic rings. The van der Waals surface area contributed by atoms with E-state index in [1.165, 1.54) is 0 Å². The molecule has 0 saturated carbocycles. The summed E-state index contributed by atoms with van der Waals surface area (Å²) in [6.45, 7) is 5.71. The van der Waals surface area contributed by atoms with Crippen molar-refractivity contribution >= 4 is 11.9 Å². The van der Waals surface area contributed by atoms with E-state index in [9.17, 15) is 4.79 Å². The number of hydrogen-bond acceptors (Lipinski definition) is 6. The molecule has 1 aromatic carbocycles. The maximum atomic E-state index is 12.7. The van der Waals surface area contributed by atoms with Crippen LogP contribution in [-0.2, 0) is 6.54 Å². The van der Waals surface area contributed by atoms with Gasteiger partial charge >= 0.3 is 0 Å². The molecular weight excluding hydrogens is 330 g/mol. The fourth-order valence-electron chi connectivity index (χ4n) is 2.91. The average molecular weight is 355 g/mol. The zero-order chi connectivity index (χ0) is 18.5. The molecule has 0 atom stereocenters. The fourth-order valence-corrected chi connectivity index (χ4v) is 2.91. The first kappa shape index (κ1) is 18.1. The Morgan fingerprint density at radius 1 is 1.27 bits per heavy atom. The van der Waals surface area contributed by atoms with Gasteiger partial charge in [-0.05, 0) is 31.7 Å². The summed E-state index contributed by atoms with van der Waals surface area (Å²) in [4.78, 5) is 25.5. The molecule has 26 heavy (non-hydrogen) atoms. The second kappa shape index (κ2) is 8.14. The molecule has 1 N–H and O–H groups in total. The molecule has 2 heterocycles. The SMILES string of the molecule is COc1cccc(CNc2ncc(C(=O)N3CCN(C)CC3)c(C)n2)c1. The van der Waals surface area contributed by atoms with E-state index in [1.807, 2.05) is 36.1 Å². The summed E-state index contributed by atoms with van der Waals surface area (Å²) < 4.78 is 5.23. The van der Waals surface area contributed by atoms with Gasteiger partial charge in [0, 0.05) is 38.9 Å². The summed E-state index contributed by atoms with van der Waals surface area (Å²) in [6, 6.07) is 7.82. The number of nitrogens with zero attached hydrogens (tertiary/aromatic N) is 4. The van der Waals surface area contributed by atoms with Crippen LogP contribution in [0.2, 0.25) is 0 Å². The molecule has 1 saturated heterocycles. The van der Waals surface area contributed by atoms with E-state index in [0.29, 0.717) is 23.8 Å². The van der Waals surface area contributed by atoms with E-state index in [1.54, 1.807) is 13.3 Å². The summed E-state index contributed by atoms with van der Waals surface area (Å²) in [7, 11) is 3.72. The smallest absolute Gasteiger partial charge is 0.257 e. The van der Waals surface area contributed by atoms with Gasteiger partial charge in [-0.15, -0.1) is 0 Å². The quantitative estimate of drug-likeness (QED) is 0.882. The lowest BCUT2D eigenvalue weighted by Crippen LogP contribution is -2.47. The molecule has 7 heteroatoms. The van der Waals surface area contributed by atoms with E-state index in [2.05, 4.69) is 27.2 Å². The van der Waals surface area contributed by atoms with Crippen LogP contribution in [0.3, 0.4) is 0 Å². The van der Waals surface area contributed by atoms with Gasteiger partial charge < -0.3 is 19.9 Å². The second-order valence-electron chi connectivity index (χ2n) is 6.49. The average Bonchev–Trinajstić information content (AvgIpc) is 2.67. The summed E-state index contributed by atoms with van der Waals surface area (Å²) in [6.07, 6.45) is 1.62. The van der Waals surface area contributed by atoms with Crippen LogP contribution in [0.15, 0.2) is 30.5 Å². The highest BCUT2D eigenvalue weighted by Gasteiger charge is 2.22. The Morgan fingerprint density at radius 2 is 2.04 bits per heavy atom. The molecule has 1 aliphatic heterocycles. The lowest BCUT2D eigenvalue weighted by molar-refractivity contribution is 0.0662. The van der Waals surface area contributed by atoms with E-state index in [0.717, 1.165) is 37.5 Å². The van der Waals surface area contributed by atoms with Crippen molar-refractivity contribution in [1.29, 1.82) is 0 Å². The van der Waals surface area contributed by atoms with Gasteiger partial charge in [-0.3, -0.25) is 4.79 Å². The molecule has 1 aliphatic rings. The number of likely N-dealkylation sites (N-methyl/N-ethyl adjacent to an activating group) is 1. The van der Waals surface area contributed by atoms with Crippen molar-refractivity contribution < 1.29 is 9.53 Å². The summed E-state index contributed by atoms with van der Waals surface area (Å²) in [5.41, 5.74) is 2.33. The molecule has 0 spiro atoms. The molecule has 1 amide bonds. The number of anilines is 1. The van der Waals surface area contributed by atoms with Crippen LogP contribution < -0.4 is 10.1 Å². The Labute approximate surface area is 154 Å². The zero-order valence-electron chi connectivity index (χ0n) is 15.5. The van der Waals surface area contributed by atoms with Gasteiger partial charge in [0.05, 0.1) is 18.4 Å². The number of amides is 1. The molecule has 1 aromatic heterocycles. The Balaban J connectivity index is 1.64. The van der Waals surface area contributed by atoms with Crippen LogP contribution in [0.5, 0.6) is 5.75 Å². The van der Waals surface area contributed by atoms with Gasteiger partial charge in [0.2, 0.25) is 5.95 Å². The molecule has 3 rings (SSSR count). The molecule has 0 radical (unpaired) electrons. The minimum Gasteiger partial charge on any atom is -0.497 e. The number of hydrogen-bond donors (Lipinski definition) is 1. The van der Waals surface area contributed by atoms with Crippen molar-refractivity contribution in [1.82, 2.24) is 19.8 Å². The summed E-state index contributed by atoms with van der Waals surface area (Å²) in [5.74, 6) is 1.34. The maximum Gasteiger partial charge on any atom is 0.257 e. The number of rotatable bonds is 5. The van der Waals surface area contributed by atoms with Gasteiger partial charge in [0.1, 0.15) is 5.75 Å². The zero-order valence-corrected chi connectivity index (χ0v) is 15.5.